The number of nitrogens with zero attached hydrogens (tertiary/aromatic N) is 5. The molecule has 1 amide bonds. The number of amides is 1. The molecule has 10 heteroatoms. The van der Waals surface area contributed by atoms with Crippen LogP contribution < -0.4 is 14.8 Å². The van der Waals surface area contributed by atoms with E-state index in [-0.39, 0.29) is 18.3 Å². The third-order valence-electron chi connectivity index (χ3n) is 5.06. The molecule has 4 rings (SSSR count). The first-order valence-corrected chi connectivity index (χ1v) is 11.6. The lowest BCUT2D eigenvalue weighted by molar-refractivity contribution is -0.113. The van der Waals surface area contributed by atoms with Crippen molar-refractivity contribution in [3.05, 3.63) is 71.7 Å². The fraction of sp³-hybridized carbons (Fsp3) is 0.250. The van der Waals surface area contributed by atoms with Crippen LogP contribution in [0.4, 0.5) is 5.82 Å². The van der Waals surface area contributed by atoms with Gasteiger partial charge in [-0.25, -0.2) is 4.68 Å². The van der Waals surface area contributed by atoms with Gasteiger partial charge in [0.2, 0.25) is 5.91 Å². The number of methoxy groups -OCH3 is 1. The summed E-state index contributed by atoms with van der Waals surface area (Å²) in [6.45, 7) is 4.18. The van der Waals surface area contributed by atoms with E-state index in [4.69, 9.17) is 9.47 Å². The van der Waals surface area contributed by atoms with Crippen LogP contribution in [0.5, 0.6) is 11.5 Å². The van der Waals surface area contributed by atoms with Crippen molar-refractivity contribution in [2.24, 2.45) is 7.05 Å². The first-order valence-electron chi connectivity index (χ1n) is 10.6. The molecule has 0 atom stereocenters. The van der Waals surface area contributed by atoms with Crippen LogP contribution in [0.2, 0.25) is 0 Å². The molecule has 176 valence electrons. The molecule has 0 saturated carbocycles. The average Bonchev–Trinajstić information content (AvgIpc) is 3.38. The van der Waals surface area contributed by atoms with Gasteiger partial charge in [0.25, 0.3) is 0 Å². The molecule has 0 saturated heterocycles. The quantitative estimate of drug-likeness (QED) is 0.364. The van der Waals surface area contributed by atoms with E-state index in [0.717, 1.165) is 22.7 Å². The molecule has 0 spiro atoms. The summed E-state index contributed by atoms with van der Waals surface area (Å²) in [6.07, 6.45) is 0. The van der Waals surface area contributed by atoms with Crippen molar-refractivity contribution >= 4 is 23.5 Å². The number of aryl methyl sites for hydroxylation is 2. The molecule has 0 fully saturated rings. The molecule has 0 aliphatic rings. The Morgan fingerprint density at radius 2 is 1.74 bits per heavy atom. The molecule has 2 aromatic carbocycles. The van der Waals surface area contributed by atoms with Crippen LogP contribution in [-0.2, 0) is 18.4 Å². The summed E-state index contributed by atoms with van der Waals surface area (Å²) in [7, 11) is 3.47. The number of anilines is 1. The second kappa shape index (κ2) is 10.4. The minimum atomic E-state index is -0.155. The van der Waals surface area contributed by atoms with Crippen LogP contribution in [0, 0.1) is 13.8 Å². The molecule has 2 aromatic heterocycles. The second-order valence-electron chi connectivity index (χ2n) is 7.68. The van der Waals surface area contributed by atoms with Crippen molar-refractivity contribution in [1.29, 1.82) is 0 Å². The van der Waals surface area contributed by atoms with E-state index < -0.39 is 0 Å². The highest BCUT2D eigenvalue weighted by atomic mass is 32.2. The Balaban J connectivity index is 1.34. The maximum absolute atomic E-state index is 12.6. The van der Waals surface area contributed by atoms with Crippen molar-refractivity contribution in [3.63, 3.8) is 0 Å². The predicted octanol–water partition coefficient (Wildman–Crippen LogP) is 3.94. The Morgan fingerprint density at radius 3 is 2.44 bits per heavy atom. The first kappa shape index (κ1) is 23.4. The fourth-order valence-corrected chi connectivity index (χ4v) is 3.93. The number of ether oxygens (including phenoxy) is 2. The van der Waals surface area contributed by atoms with Crippen LogP contribution in [0.1, 0.15) is 17.1 Å². The number of rotatable bonds is 9. The second-order valence-corrected chi connectivity index (χ2v) is 8.62. The van der Waals surface area contributed by atoms with Gasteiger partial charge in [-0.1, -0.05) is 29.5 Å². The number of aromatic nitrogens is 5. The number of benzene rings is 2. The van der Waals surface area contributed by atoms with Crippen LogP contribution in [-0.4, -0.2) is 43.3 Å². The molecule has 9 nitrogen and oxygen atoms in total. The number of hydrogen-bond donors (Lipinski definition) is 1. The van der Waals surface area contributed by atoms with E-state index >= 15 is 0 Å². The van der Waals surface area contributed by atoms with E-state index in [9.17, 15) is 4.79 Å². The number of nitrogens with one attached hydrogen (secondary N) is 1. The van der Waals surface area contributed by atoms with Crippen LogP contribution in [0.25, 0.3) is 5.69 Å². The van der Waals surface area contributed by atoms with Crippen molar-refractivity contribution in [1.82, 2.24) is 24.5 Å². The van der Waals surface area contributed by atoms with Gasteiger partial charge in [0.1, 0.15) is 23.9 Å². The highest BCUT2D eigenvalue weighted by Gasteiger charge is 2.15. The van der Waals surface area contributed by atoms with E-state index in [1.807, 2.05) is 80.1 Å². The largest absolute Gasteiger partial charge is 0.497 e. The molecule has 0 bridgehead atoms. The SMILES string of the molecule is COc1ccc(OCc2nnc(SCC(=O)Nc3cc(C)nn3-c3ccc(C)cc3)n2C)cc1. The number of carbonyl (C=O) groups is 1. The van der Waals surface area contributed by atoms with Gasteiger partial charge >= 0.3 is 0 Å². The Morgan fingerprint density at radius 1 is 1.03 bits per heavy atom. The normalized spacial score (nSPS) is 10.8. The molecule has 4 aromatic rings. The summed E-state index contributed by atoms with van der Waals surface area (Å²) in [5.74, 6) is 2.78. The first-order chi connectivity index (χ1) is 16.4. The highest BCUT2D eigenvalue weighted by molar-refractivity contribution is 7.99. The molecule has 34 heavy (non-hydrogen) atoms. The van der Waals surface area contributed by atoms with Crippen molar-refractivity contribution in [3.8, 4) is 17.2 Å². The minimum Gasteiger partial charge on any atom is -0.497 e. The average molecular weight is 479 g/mol. The molecule has 0 aliphatic carbocycles. The van der Waals surface area contributed by atoms with Gasteiger partial charge in [0, 0.05) is 13.1 Å². The van der Waals surface area contributed by atoms with Gasteiger partial charge < -0.3 is 19.4 Å². The lowest BCUT2D eigenvalue weighted by Crippen LogP contribution is -2.17. The smallest absolute Gasteiger partial charge is 0.236 e. The molecule has 2 heterocycles. The Bertz CT molecular complexity index is 1270. The zero-order valence-corrected chi connectivity index (χ0v) is 20.3. The summed E-state index contributed by atoms with van der Waals surface area (Å²) < 4.78 is 14.5. The van der Waals surface area contributed by atoms with E-state index in [1.54, 1.807) is 11.8 Å². The number of carbonyl (C=O) groups excluding carboxylic acids is 1. The van der Waals surface area contributed by atoms with E-state index in [1.165, 1.54) is 11.8 Å². The number of thioether (sulfide) groups is 1. The highest BCUT2D eigenvalue weighted by Crippen LogP contribution is 2.21. The molecule has 0 radical (unpaired) electrons. The van der Waals surface area contributed by atoms with Gasteiger partial charge in [-0.3, -0.25) is 4.79 Å². The topological polar surface area (TPSA) is 96.1 Å². The zero-order valence-electron chi connectivity index (χ0n) is 19.5. The molecular formula is C24H26N6O3S. The van der Waals surface area contributed by atoms with Crippen LogP contribution in [0.3, 0.4) is 0 Å². The van der Waals surface area contributed by atoms with Gasteiger partial charge in [0.05, 0.1) is 24.2 Å². The molecule has 0 unspecified atom stereocenters. The zero-order chi connectivity index (χ0) is 24.1. The Labute approximate surface area is 202 Å². The van der Waals surface area contributed by atoms with Crippen molar-refractivity contribution in [2.75, 3.05) is 18.2 Å². The van der Waals surface area contributed by atoms with Crippen LogP contribution >= 0.6 is 11.8 Å². The number of hydrogen-bond acceptors (Lipinski definition) is 7. The third kappa shape index (κ3) is 5.57. The Kier molecular flexibility index (Phi) is 7.17. The summed E-state index contributed by atoms with van der Waals surface area (Å²) in [6, 6.07) is 17.1. The predicted molar refractivity (Wildman–Crippen MR) is 131 cm³/mol. The van der Waals surface area contributed by atoms with E-state index in [0.29, 0.717) is 22.5 Å². The summed E-state index contributed by atoms with van der Waals surface area (Å²) in [5.41, 5.74) is 2.86. The summed E-state index contributed by atoms with van der Waals surface area (Å²) in [5, 5.41) is 16.5. The Hall–Kier alpha value is -3.79. The standard InChI is InChI=1S/C24H26N6O3S/c1-16-5-7-18(8-6-16)30-21(13-17(2)28-30)25-23(31)15-34-24-27-26-22(29(24)3)14-33-20-11-9-19(32-4)10-12-20/h5-13H,14-15H2,1-4H3,(H,25,31). The monoisotopic (exact) mass is 478 g/mol. The maximum atomic E-state index is 12.6. The van der Waals surface area contributed by atoms with Gasteiger partial charge in [-0.15, -0.1) is 10.2 Å². The van der Waals surface area contributed by atoms with Gasteiger partial charge in [0.15, 0.2) is 11.0 Å². The van der Waals surface area contributed by atoms with E-state index in [2.05, 4.69) is 20.6 Å². The molecular weight excluding hydrogens is 452 g/mol. The van der Waals surface area contributed by atoms with Crippen LogP contribution in [0.15, 0.2) is 59.8 Å². The molecule has 0 aliphatic heterocycles. The van der Waals surface area contributed by atoms with Crippen molar-refractivity contribution < 1.29 is 14.3 Å². The maximum Gasteiger partial charge on any atom is 0.236 e. The van der Waals surface area contributed by atoms with Gasteiger partial charge in [-0.2, -0.15) is 5.10 Å². The summed E-state index contributed by atoms with van der Waals surface area (Å²) >= 11 is 1.31. The minimum absolute atomic E-state index is 0.155. The lowest BCUT2D eigenvalue weighted by Gasteiger charge is -2.09. The van der Waals surface area contributed by atoms with Crippen molar-refractivity contribution in [2.45, 2.75) is 25.6 Å². The molecule has 1 N–H and O–H groups in total. The summed E-state index contributed by atoms with van der Waals surface area (Å²) in [4.78, 5) is 12.6. The van der Waals surface area contributed by atoms with Gasteiger partial charge in [-0.05, 0) is 50.2 Å². The third-order valence-corrected chi connectivity index (χ3v) is 6.08. The lowest BCUT2D eigenvalue weighted by atomic mass is 10.2. The fourth-order valence-electron chi connectivity index (χ4n) is 3.20.